The van der Waals surface area contributed by atoms with E-state index in [1.807, 2.05) is 6.92 Å². The van der Waals surface area contributed by atoms with Crippen molar-refractivity contribution in [1.29, 1.82) is 5.26 Å². The molecule has 0 bridgehead atoms. The van der Waals surface area contributed by atoms with Crippen LogP contribution in [0.5, 0.6) is 0 Å². The lowest BCUT2D eigenvalue weighted by atomic mass is 9.95. The molecule has 1 heterocycles. The fourth-order valence-corrected chi connectivity index (χ4v) is 5.18. The molecule has 3 rings (SSSR count). The minimum atomic E-state index is -0.278. The number of hydrogen-bond donors (Lipinski definition) is 2. The van der Waals surface area contributed by atoms with Crippen molar-refractivity contribution in [2.45, 2.75) is 76.6 Å². The number of carbonyl (C=O) groups is 1. The fraction of sp³-hybridized carbons (Fsp3) is 0.889. The number of rotatable bonds is 3. The highest BCUT2D eigenvalue weighted by molar-refractivity contribution is 5.79. The molecule has 1 unspecified atom stereocenters. The van der Waals surface area contributed by atoms with Gasteiger partial charge in [0, 0.05) is 11.6 Å². The molecule has 23 heavy (non-hydrogen) atoms. The summed E-state index contributed by atoms with van der Waals surface area (Å²) >= 11 is 0. The van der Waals surface area contributed by atoms with Crippen molar-refractivity contribution in [3.05, 3.63) is 0 Å². The van der Waals surface area contributed by atoms with Gasteiger partial charge >= 0.3 is 0 Å². The maximum atomic E-state index is 12.6. The van der Waals surface area contributed by atoms with Crippen molar-refractivity contribution in [1.82, 2.24) is 10.2 Å². The summed E-state index contributed by atoms with van der Waals surface area (Å²) in [5.74, 6) is 1.61. The van der Waals surface area contributed by atoms with E-state index >= 15 is 0 Å². The Balaban J connectivity index is 1.56. The molecule has 0 radical (unpaired) electrons. The van der Waals surface area contributed by atoms with Crippen LogP contribution in [-0.2, 0) is 4.79 Å². The van der Waals surface area contributed by atoms with Gasteiger partial charge in [0.2, 0.25) is 5.91 Å². The lowest BCUT2D eigenvalue weighted by Gasteiger charge is -2.31. The zero-order chi connectivity index (χ0) is 16.8. The van der Waals surface area contributed by atoms with Gasteiger partial charge < -0.3 is 15.3 Å². The van der Waals surface area contributed by atoms with E-state index in [-0.39, 0.29) is 29.6 Å². The molecule has 0 aromatic rings. The minimum Gasteiger partial charge on any atom is -0.393 e. The summed E-state index contributed by atoms with van der Waals surface area (Å²) in [6.45, 7) is 6.67. The number of aliphatic hydroxyl groups is 1. The summed E-state index contributed by atoms with van der Waals surface area (Å²) < 4.78 is 0. The largest absolute Gasteiger partial charge is 0.393 e. The van der Waals surface area contributed by atoms with Gasteiger partial charge in [0.25, 0.3) is 0 Å². The number of carbonyl (C=O) groups excluding carboxylic acids is 1. The summed E-state index contributed by atoms with van der Waals surface area (Å²) in [4.78, 5) is 14.4. The third-order valence-electron chi connectivity index (χ3n) is 6.54. The van der Waals surface area contributed by atoms with E-state index < -0.39 is 0 Å². The third-order valence-corrected chi connectivity index (χ3v) is 6.54. The molecule has 3 fully saturated rings. The summed E-state index contributed by atoms with van der Waals surface area (Å²) in [6, 6.07) is 2.14. The monoisotopic (exact) mass is 319 g/mol. The lowest BCUT2D eigenvalue weighted by molar-refractivity contribution is -0.132. The van der Waals surface area contributed by atoms with Crippen LogP contribution in [-0.4, -0.2) is 46.2 Å². The highest BCUT2D eigenvalue weighted by Crippen LogP contribution is 2.48. The summed E-state index contributed by atoms with van der Waals surface area (Å²) in [5.41, 5.74) is -0.0121. The molecule has 2 aliphatic carbocycles. The fourth-order valence-electron chi connectivity index (χ4n) is 5.18. The number of fused-ring (bicyclic) bond motifs is 1. The topological polar surface area (TPSA) is 76.4 Å². The number of nitrogens with one attached hydrogen (secondary N) is 1. The molecule has 0 spiro atoms. The van der Waals surface area contributed by atoms with Crippen LogP contribution in [0, 0.1) is 29.1 Å². The molecule has 2 saturated carbocycles. The summed E-state index contributed by atoms with van der Waals surface area (Å²) in [7, 11) is 0. The highest BCUT2D eigenvalue weighted by atomic mass is 16.3. The van der Waals surface area contributed by atoms with Gasteiger partial charge in [-0.1, -0.05) is 6.92 Å². The van der Waals surface area contributed by atoms with Crippen LogP contribution < -0.4 is 5.32 Å². The number of amides is 1. The summed E-state index contributed by atoms with van der Waals surface area (Å²) in [5, 5.41) is 22.5. The van der Waals surface area contributed by atoms with Gasteiger partial charge in [-0.05, 0) is 63.7 Å². The zero-order valence-electron chi connectivity index (χ0n) is 14.5. The quantitative estimate of drug-likeness (QED) is 0.829. The van der Waals surface area contributed by atoms with E-state index in [1.165, 1.54) is 0 Å². The van der Waals surface area contributed by atoms with Crippen LogP contribution in [0.1, 0.15) is 52.9 Å². The molecule has 128 valence electrons. The number of nitriles is 1. The standard InChI is InChI=1S/C18H29N3O2/c1-11-4-15(9-19)21(12(11)2)17(23)10-20-18(3)7-13-5-16(22)6-14(13)8-18/h11-16,20,22H,4-8,10H2,1-3H3/t11-,12?,13-,14+,15-,16-,18-/m0/s1. The normalized spacial score (nSPS) is 46.0. The minimum absolute atomic E-state index is 0.0121. The Morgan fingerprint density at radius 2 is 1.91 bits per heavy atom. The Morgan fingerprint density at radius 3 is 2.48 bits per heavy atom. The van der Waals surface area contributed by atoms with Crippen molar-refractivity contribution < 1.29 is 9.90 Å². The average Bonchev–Trinajstić information content (AvgIpc) is 3.06. The van der Waals surface area contributed by atoms with Crippen LogP contribution in [0.4, 0.5) is 0 Å². The van der Waals surface area contributed by atoms with Crippen molar-refractivity contribution in [2.24, 2.45) is 17.8 Å². The maximum Gasteiger partial charge on any atom is 0.237 e. The SMILES string of the molecule is CC1[C@@H](C)C[C@@H](C#N)N1C(=O)CN[C@]1(C)C[C@H]2C[C@@H](O)C[C@H]2C1. The number of hydrogen-bond acceptors (Lipinski definition) is 4. The Kier molecular flexibility index (Phi) is 4.41. The molecule has 0 aromatic carbocycles. The van der Waals surface area contributed by atoms with Crippen LogP contribution in [0.15, 0.2) is 0 Å². The highest BCUT2D eigenvalue weighted by Gasteiger charge is 2.47. The molecular formula is C18H29N3O2. The molecule has 1 amide bonds. The first-order chi connectivity index (χ1) is 10.8. The van der Waals surface area contributed by atoms with E-state index in [4.69, 9.17) is 0 Å². The second kappa shape index (κ2) is 6.07. The molecule has 5 heteroatoms. The van der Waals surface area contributed by atoms with Crippen molar-refractivity contribution in [3.63, 3.8) is 0 Å². The maximum absolute atomic E-state index is 12.6. The van der Waals surface area contributed by atoms with Crippen molar-refractivity contribution in [2.75, 3.05) is 6.54 Å². The molecule has 0 aromatic heterocycles. The molecule has 5 nitrogen and oxygen atoms in total. The van der Waals surface area contributed by atoms with E-state index in [1.54, 1.807) is 4.90 Å². The first kappa shape index (κ1) is 16.7. The van der Waals surface area contributed by atoms with Gasteiger partial charge in [0.15, 0.2) is 0 Å². The zero-order valence-corrected chi connectivity index (χ0v) is 14.5. The van der Waals surface area contributed by atoms with Crippen LogP contribution in [0.3, 0.4) is 0 Å². The van der Waals surface area contributed by atoms with Crippen molar-refractivity contribution in [3.8, 4) is 6.07 Å². The van der Waals surface area contributed by atoms with Gasteiger partial charge in [-0.3, -0.25) is 4.79 Å². The van der Waals surface area contributed by atoms with Gasteiger partial charge in [0.05, 0.1) is 18.7 Å². The third kappa shape index (κ3) is 3.12. The van der Waals surface area contributed by atoms with Gasteiger partial charge in [-0.25, -0.2) is 0 Å². The Morgan fingerprint density at radius 1 is 1.30 bits per heavy atom. The van der Waals surface area contributed by atoms with E-state index in [0.29, 0.717) is 24.3 Å². The van der Waals surface area contributed by atoms with Crippen LogP contribution in [0.2, 0.25) is 0 Å². The summed E-state index contributed by atoms with van der Waals surface area (Å²) in [6.07, 6.45) is 4.55. The molecule has 1 saturated heterocycles. The number of nitrogens with zero attached hydrogens (tertiary/aromatic N) is 2. The molecular weight excluding hydrogens is 290 g/mol. The van der Waals surface area contributed by atoms with Gasteiger partial charge in [-0.2, -0.15) is 5.26 Å². The van der Waals surface area contributed by atoms with Gasteiger partial charge in [-0.15, -0.1) is 0 Å². The molecule has 7 atom stereocenters. The average molecular weight is 319 g/mol. The van der Waals surface area contributed by atoms with Crippen molar-refractivity contribution >= 4 is 5.91 Å². The predicted molar refractivity (Wildman–Crippen MR) is 87.4 cm³/mol. The lowest BCUT2D eigenvalue weighted by Crippen LogP contribution is -2.50. The number of aliphatic hydroxyl groups excluding tert-OH is 1. The Bertz CT molecular complexity index is 501. The van der Waals surface area contributed by atoms with Crippen LogP contribution >= 0.6 is 0 Å². The molecule has 3 aliphatic rings. The van der Waals surface area contributed by atoms with E-state index in [0.717, 1.165) is 32.1 Å². The second-order valence-corrected chi connectivity index (χ2v) is 8.37. The molecule has 1 aliphatic heterocycles. The van der Waals surface area contributed by atoms with E-state index in [9.17, 15) is 15.2 Å². The predicted octanol–water partition coefficient (Wildman–Crippen LogP) is 1.66. The first-order valence-corrected chi connectivity index (χ1v) is 8.97. The Hall–Kier alpha value is -1.12. The number of likely N-dealkylation sites (tertiary alicyclic amines) is 1. The second-order valence-electron chi connectivity index (χ2n) is 8.37. The molecule has 2 N–H and O–H groups in total. The van der Waals surface area contributed by atoms with Crippen LogP contribution in [0.25, 0.3) is 0 Å². The van der Waals surface area contributed by atoms with E-state index in [2.05, 4.69) is 25.2 Å². The Labute approximate surface area is 139 Å². The first-order valence-electron chi connectivity index (χ1n) is 8.97. The smallest absolute Gasteiger partial charge is 0.237 e. The van der Waals surface area contributed by atoms with Gasteiger partial charge in [0.1, 0.15) is 6.04 Å².